The molecule has 0 N–H and O–H groups in total. The molecule has 147 valence electrons. The molecule has 0 saturated heterocycles. The number of fused-ring (bicyclic) bond motifs is 1. The van der Waals surface area contributed by atoms with Gasteiger partial charge in [-0.25, -0.2) is 0 Å². The van der Waals surface area contributed by atoms with Gasteiger partial charge in [0, 0.05) is 20.3 Å². The van der Waals surface area contributed by atoms with Crippen LogP contribution in [-0.2, 0) is 0 Å². The summed E-state index contributed by atoms with van der Waals surface area (Å²) >= 11 is 3.78. The fourth-order valence-electron chi connectivity index (χ4n) is 3.27. The summed E-state index contributed by atoms with van der Waals surface area (Å²) in [5.41, 5.74) is 0. The molecule has 0 aliphatic rings. The molecule has 0 aliphatic heterocycles. The number of ether oxygens (including phenoxy) is 1. The van der Waals surface area contributed by atoms with Gasteiger partial charge in [0.25, 0.3) is 0 Å². The second kappa shape index (κ2) is 12.8. The lowest BCUT2D eigenvalue weighted by molar-refractivity contribution is 0.313. The molecule has 2 aromatic heterocycles. The molecule has 2 rings (SSSR count). The molecule has 3 heteroatoms. The Bertz CT molecular complexity index is 567. The van der Waals surface area contributed by atoms with Crippen molar-refractivity contribution in [2.45, 2.75) is 97.3 Å². The van der Waals surface area contributed by atoms with Crippen molar-refractivity contribution >= 4 is 32.1 Å². The third kappa shape index (κ3) is 7.60. The smallest absolute Gasteiger partial charge is 0.175 e. The van der Waals surface area contributed by atoms with Gasteiger partial charge in [0.15, 0.2) is 5.06 Å². The van der Waals surface area contributed by atoms with E-state index in [0.717, 1.165) is 11.7 Å². The SMILES string of the molecule is CC[CH]CCC(C)c1cc2sc(OCCCCCCCCCC)cc2s1. The Kier molecular flexibility index (Phi) is 10.7. The molecule has 1 radical (unpaired) electrons. The standard InChI is InChI=1S/C23H37OS2/c1-4-6-8-9-10-11-12-14-16-24-23-18-22-21(26-23)17-20(25-22)19(3)15-13-7-5-2/h7,17-19H,4-6,8-16H2,1-3H3. The van der Waals surface area contributed by atoms with Crippen LogP contribution in [0.15, 0.2) is 12.1 Å². The van der Waals surface area contributed by atoms with E-state index >= 15 is 0 Å². The molecule has 0 spiro atoms. The molecular formula is C23H37OS2. The first-order chi connectivity index (χ1) is 12.7. The zero-order valence-corrected chi connectivity index (χ0v) is 18.7. The van der Waals surface area contributed by atoms with Gasteiger partial charge < -0.3 is 4.74 Å². The van der Waals surface area contributed by atoms with Crippen LogP contribution in [0.3, 0.4) is 0 Å². The average Bonchev–Trinajstić information content (AvgIpc) is 3.19. The van der Waals surface area contributed by atoms with Crippen LogP contribution in [0.25, 0.3) is 9.40 Å². The second-order valence-corrected chi connectivity index (χ2v) is 9.60. The van der Waals surface area contributed by atoms with Crippen LogP contribution in [0.5, 0.6) is 5.06 Å². The van der Waals surface area contributed by atoms with Gasteiger partial charge in [0.05, 0.1) is 6.61 Å². The van der Waals surface area contributed by atoms with Crippen LogP contribution in [0.4, 0.5) is 0 Å². The van der Waals surface area contributed by atoms with E-state index in [1.807, 2.05) is 22.7 Å². The highest BCUT2D eigenvalue weighted by atomic mass is 32.1. The molecular weight excluding hydrogens is 356 g/mol. The lowest BCUT2D eigenvalue weighted by Gasteiger charge is -2.07. The quantitative estimate of drug-likeness (QED) is 0.274. The first-order valence-corrected chi connectivity index (χ1v) is 12.4. The summed E-state index contributed by atoms with van der Waals surface area (Å²) in [6.07, 6.45) is 16.9. The average molecular weight is 394 g/mol. The molecule has 26 heavy (non-hydrogen) atoms. The normalized spacial score (nSPS) is 12.7. The third-order valence-electron chi connectivity index (χ3n) is 5.02. The second-order valence-electron chi connectivity index (χ2n) is 7.44. The van der Waals surface area contributed by atoms with Crippen molar-refractivity contribution in [2.75, 3.05) is 6.61 Å². The third-order valence-corrected chi connectivity index (χ3v) is 7.46. The van der Waals surface area contributed by atoms with Gasteiger partial charge >= 0.3 is 0 Å². The minimum Gasteiger partial charge on any atom is -0.484 e. The largest absolute Gasteiger partial charge is 0.484 e. The first kappa shape index (κ1) is 21.8. The monoisotopic (exact) mass is 393 g/mol. The summed E-state index contributed by atoms with van der Waals surface area (Å²) in [5.74, 6) is 0.670. The maximum atomic E-state index is 5.99. The number of hydrogen-bond donors (Lipinski definition) is 0. The Morgan fingerprint density at radius 1 is 0.923 bits per heavy atom. The summed E-state index contributed by atoms with van der Waals surface area (Å²) in [6, 6.07) is 4.65. The van der Waals surface area contributed by atoms with Gasteiger partial charge in [0.2, 0.25) is 0 Å². The molecule has 0 aromatic carbocycles. The number of hydrogen-bond acceptors (Lipinski definition) is 3. The highest BCUT2D eigenvalue weighted by Gasteiger charge is 2.12. The fraction of sp³-hybridized carbons (Fsp3) is 0.696. The summed E-state index contributed by atoms with van der Waals surface area (Å²) in [7, 11) is 0. The predicted octanol–water partition coefficient (Wildman–Crippen LogP) is 8.98. The van der Waals surface area contributed by atoms with Crippen molar-refractivity contribution < 1.29 is 4.74 Å². The minimum atomic E-state index is 0.670. The maximum absolute atomic E-state index is 5.99. The van der Waals surface area contributed by atoms with Crippen molar-refractivity contribution in [1.29, 1.82) is 0 Å². The van der Waals surface area contributed by atoms with Gasteiger partial charge in [0.1, 0.15) is 0 Å². The molecule has 0 amide bonds. The van der Waals surface area contributed by atoms with E-state index < -0.39 is 0 Å². The van der Waals surface area contributed by atoms with Gasteiger partial charge in [-0.15, -0.1) is 11.3 Å². The summed E-state index contributed by atoms with van der Waals surface area (Å²) < 4.78 is 8.80. The van der Waals surface area contributed by atoms with Gasteiger partial charge in [-0.1, -0.05) is 83.5 Å². The summed E-state index contributed by atoms with van der Waals surface area (Å²) in [4.78, 5) is 1.53. The van der Waals surface area contributed by atoms with Crippen LogP contribution in [0.1, 0.15) is 102 Å². The van der Waals surface area contributed by atoms with E-state index in [4.69, 9.17) is 4.74 Å². The Morgan fingerprint density at radius 2 is 1.62 bits per heavy atom. The predicted molar refractivity (Wildman–Crippen MR) is 120 cm³/mol. The van der Waals surface area contributed by atoms with Gasteiger partial charge in [-0.05, 0) is 37.7 Å². The van der Waals surface area contributed by atoms with E-state index in [1.165, 1.54) is 84.9 Å². The highest BCUT2D eigenvalue weighted by molar-refractivity contribution is 7.28. The fourth-order valence-corrected chi connectivity index (χ4v) is 5.62. The Labute approximate surface area is 169 Å². The number of unbranched alkanes of at least 4 members (excludes halogenated alkanes) is 9. The molecule has 1 atom stereocenters. The van der Waals surface area contributed by atoms with Gasteiger partial charge in [-0.3, -0.25) is 0 Å². The lowest BCUT2D eigenvalue weighted by Crippen LogP contribution is -1.95. The van der Waals surface area contributed by atoms with Gasteiger partial charge in [-0.2, -0.15) is 0 Å². The van der Waals surface area contributed by atoms with E-state index in [9.17, 15) is 0 Å². The maximum Gasteiger partial charge on any atom is 0.175 e. The number of thiophene rings is 2. The van der Waals surface area contributed by atoms with E-state index in [-0.39, 0.29) is 0 Å². The lowest BCUT2D eigenvalue weighted by atomic mass is 10.0. The molecule has 0 fully saturated rings. The van der Waals surface area contributed by atoms with Crippen LogP contribution in [0.2, 0.25) is 0 Å². The molecule has 0 aliphatic carbocycles. The van der Waals surface area contributed by atoms with Crippen molar-refractivity contribution in [3.05, 3.63) is 23.4 Å². The summed E-state index contributed by atoms with van der Waals surface area (Å²) in [6.45, 7) is 7.73. The molecule has 1 nitrogen and oxygen atoms in total. The molecule has 2 aromatic rings. The summed E-state index contributed by atoms with van der Waals surface area (Å²) in [5, 5.41) is 1.10. The van der Waals surface area contributed by atoms with E-state index in [0.29, 0.717) is 5.92 Å². The van der Waals surface area contributed by atoms with E-state index in [2.05, 4.69) is 39.3 Å². The van der Waals surface area contributed by atoms with Crippen molar-refractivity contribution in [2.24, 2.45) is 0 Å². The Morgan fingerprint density at radius 3 is 2.31 bits per heavy atom. The molecule has 0 bridgehead atoms. The Hall–Kier alpha value is -0.540. The topological polar surface area (TPSA) is 9.23 Å². The minimum absolute atomic E-state index is 0.670. The van der Waals surface area contributed by atoms with Crippen LogP contribution in [0, 0.1) is 6.42 Å². The molecule has 1 unspecified atom stereocenters. The van der Waals surface area contributed by atoms with E-state index in [1.54, 1.807) is 0 Å². The zero-order valence-electron chi connectivity index (χ0n) is 17.0. The van der Waals surface area contributed by atoms with Crippen LogP contribution < -0.4 is 4.74 Å². The van der Waals surface area contributed by atoms with Crippen LogP contribution in [-0.4, -0.2) is 6.61 Å². The van der Waals surface area contributed by atoms with Crippen molar-refractivity contribution in [3.63, 3.8) is 0 Å². The molecule has 0 saturated carbocycles. The van der Waals surface area contributed by atoms with Crippen molar-refractivity contribution in [3.8, 4) is 5.06 Å². The van der Waals surface area contributed by atoms with Crippen molar-refractivity contribution in [1.82, 2.24) is 0 Å². The number of rotatable bonds is 15. The Balaban J connectivity index is 1.64. The van der Waals surface area contributed by atoms with Crippen LogP contribution >= 0.6 is 22.7 Å². The molecule has 2 heterocycles. The zero-order chi connectivity index (χ0) is 18.6. The highest BCUT2D eigenvalue weighted by Crippen LogP contribution is 2.40. The first-order valence-electron chi connectivity index (χ1n) is 10.7.